The topological polar surface area (TPSA) is 78.3 Å². The van der Waals surface area contributed by atoms with Gasteiger partial charge in [-0.2, -0.15) is 0 Å². The van der Waals surface area contributed by atoms with Gasteiger partial charge in [-0.15, -0.1) is 0 Å². The molecule has 0 spiro atoms. The molecule has 1 rings (SSSR count). The van der Waals surface area contributed by atoms with E-state index in [0.717, 1.165) is 6.42 Å². The summed E-state index contributed by atoms with van der Waals surface area (Å²) in [5.74, 6) is -0.298. The van der Waals surface area contributed by atoms with Gasteiger partial charge < -0.3 is 16.2 Å². The molecule has 4 N–H and O–H groups in total. The van der Waals surface area contributed by atoms with Crippen LogP contribution in [0.5, 0.6) is 0 Å². The molecule has 1 aliphatic rings. The summed E-state index contributed by atoms with van der Waals surface area (Å²) >= 11 is 0. The molecule has 0 aliphatic carbocycles. The fraction of sp³-hybridized carbons (Fsp3) is 0.833. The van der Waals surface area contributed by atoms with E-state index >= 15 is 0 Å². The highest BCUT2D eigenvalue weighted by atomic mass is 16.5. The van der Waals surface area contributed by atoms with E-state index in [1.165, 1.54) is 0 Å². The highest BCUT2D eigenvalue weighted by molar-refractivity contribution is 5.79. The Kier molecular flexibility index (Phi) is 2.24. The smallest absolute Gasteiger partial charge is 0.234 e. The highest BCUT2D eigenvalue weighted by Gasteiger charge is 2.26. The average Bonchev–Trinajstić information content (AvgIpc) is 2.36. The molecule has 0 saturated carbocycles. The number of nitrogens with two attached hydrogens (primary N) is 2. The van der Waals surface area contributed by atoms with Crippen LogP contribution in [0.2, 0.25) is 0 Å². The second-order valence-corrected chi connectivity index (χ2v) is 2.55. The molecule has 1 fully saturated rings. The molecule has 0 radical (unpaired) electrons. The highest BCUT2D eigenvalue weighted by Crippen LogP contribution is 2.14. The lowest BCUT2D eigenvalue weighted by Crippen LogP contribution is -2.42. The first-order valence-corrected chi connectivity index (χ1v) is 3.34. The molecule has 0 aromatic carbocycles. The fourth-order valence-electron chi connectivity index (χ4n) is 1.07. The number of hydrogen-bond acceptors (Lipinski definition) is 3. The summed E-state index contributed by atoms with van der Waals surface area (Å²) in [5.41, 5.74) is 10.5. The zero-order valence-corrected chi connectivity index (χ0v) is 5.75. The minimum Gasteiger partial charge on any atom is -0.381 e. The van der Waals surface area contributed by atoms with E-state index in [1.807, 2.05) is 0 Å². The Balaban J connectivity index is 2.39. The Morgan fingerprint density at radius 3 is 2.80 bits per heavy atom. The SMILES string of the molecule is NC(=O)[C@@H](N)[C@@H]1CCOC1. The lowest BCUT2D eigenvalue weighted by atomic mass is 10.00. The number of hydrogen-bond donors (Lipinski definition) is 2. The Morgan fingerprint density at radius 2 is 2.40 bits per heavy atom. The van der Waals surface area contributed by atoms with E-state index in [9.17, 15) is 4.79 Å². The molecular weight excluding hydrogens is 132 g/mol. The predicted octanol–water partition coefficient (Wildman–Crippen LogP) is -1.16. The number of rotatable bonds is 2. The van der Waals surface area contributed by atoms with Gasteiger partial charge in [-0.05, 0) is 6.42 Å². The van der Waals surface area contributed by atoms with E-state index in [4.69, 9.17) is 16.2 Å². The van der Waals surface area contributed by atoms with Crippen LogP contribution in [0.3, 0.4) is 0 Å². The van der Waals surface area contributed by atoms with Crippen LogP contribution < -0.4 is 11.5 Å². The maximum Gasteiger partial charge on any atom is 0.234 e. The van der Waals surface area contributed by atoms with Crippen molar-refractivity contribution in [1.29, 1.82) is 0 Å². The first-order valence-electron chi connectivity index (χ1n) is 3.34. The first-order chi connectivity index (χ1) is 4.72. The van der Waals surface area contributed by atoms with Crippen LogP contribution in [-0.4, -0.2) is 25.2 Å². The molecule has 1 aliphatic heterocycles. The normalized spacial score (nSPS) is 28.3. The van der Waals surface area contributed by atoms with Crippen LogP contribution in [-0.2, 0) is 9.53 Å². The fourth-order valence-corrected chi connectivity index (χ4v) is 1.07. The molecule has 4 heteroatoms. The van der Waals surface area contributed by atoms with Gasteiger partial charge in [0.2, 0.25) is 5.91 Å². The lowest BCUT2D eigenvalue weighted by Gasteiger charge is -2.12. The molecule has 0 bridgehead atoms. The molecule has 0 unspecified atom stereocenters. The zero-order chi connectivity index (χ0) is 7.56. The van der Waals surface area contributed by atoms with Crippen molar-refractivity contribution in [2.75, 3.05) is 13.2 Å². The third kappa shape index (κ3) is 1.46. The molecule has 0 aromatic rings. The van der Waals surface area contributed by atoms with Gasteiger partial charge in [0.15, 0.2) is 0 Å². The van der Waals surface area contributed by atoms with E-state index in [2.05, 4.69) is 0 Å². The van der Waals surface area contributed by atoms with Gasteiger partial charge in [0.25, 0.3) is 0 Å². The van der Waals surface area contributed by atoms with Gasteiger partial charge >= 0.3 is 0 Å². The van der Waals surface area contributed by atoms with E-state index in [-0.39, 0.29) is 5.92 Å². The van der Waals surface area contributed by atoms with E-state index in [1.54, 1.807) is 0 Å². The monoisotopic (exact) mass is 144 g/mol. The van der Waals surface area contributed by atoms with E-state index in [0.29, 0.717) is 13.2 Å². The predicted molar refractivity (Wildman–Crippen MR) is 36.1 cm³/mol. The second kappa shape index (κ2) is 2.98. The zero-order valence-electron chi connectivity index (χ0n) is 5.75. The Labute approximate surface area is 59.5 Å². The third-order valence-corrected chi connectivity index (χ3v) is 1.80. The van der Waals surface area contributed by atoms with Gasteiger partial charge in [-0.3, -0.25) is 4.79 Å². The van der Waals surface area contributed by atoms with Crippen molar-refractivity contribution in [3.05, 3.63) is 0 Å². The number of carbonyl (C=O) groups is 1. The van der Waals surface area contributed by atoms with Crippen molar-refractivity contribution in [2.24, 2.45) is 17.4 Å². The van der Waals surface area contributed by atoms with Crippen LogP contribution in [0.25, 0.3) is 0 Å². The molecule has 58 valence electrons. The quantitative estimate of drug-likeness (QED) is 0.513. The number of carbonyl (C=O) groups excluding carboxylic acids is 1. The molecule has 4 nitrogen and oxygen atoms in total. The molecule has 1 amide bonds. The van der Waals surface area contributed by atoms with E-state index < -0.39 is 11.9 Å². The summed E-state index contributed by atoms with van der Waals surface area (Å²) in [6, 6.07) is -0.525. The second-order valence-electron chi connectivity index (χ2n) is 2.55. The largest absolute Gasteiger partial charge is 0.381 e. The van der Waals surface area contributed by atoms with Gasteiger partial charge in [0, 0.05) is 12.5 Å². The van der Waals surface area contributed by atoms with Crippen molar-refractivity contribution >= 4 is 5.91 Å². The maximum atomic E-state index is 10.5. The minimum absolute atomic E-state index is 0.137. The van der Waals surface area contributed by atoms with Gasteiger partial charge in [-0.1, -0.05) is 0 Å². The van der Waals surface area contributed by atoms with Crippen molar-refractivity contribution in [1.82, 2.24) is 0 Å². The number of primary amides is 1. The summed E-state index contributed by atoms with van der Waals surface area (Å²) in [5, 5.41) is 0. The Morgan fingerprint density at radius 1 is 1.70 bits per heavy atom. The van der Waals surface area contributed by atoms with Crippen LogP contribution in [0, 0.1) is 5.92 Å². The van der Waals surface area contributed by atoms with Crippen molar-refractivity contribution in [2.45, 2.75) is 12.5 Å². The van der Waals surface area contributed by atoms with Crippen LogP contribution in [0.15, 0.2) is 0 Å². The lowest BCUT2D eigenvalue weighted by molar-refractivity contribution is -0.120. The summed E-state index contributed by atoms with van der Waals surface area (Å²) in [7, 11) is 0. The van der Waals surface area contributed by atoms with Gasteiger partial charge in [0.1, 0.15) is 0 Å². The summed E-state index contributed by atoms with van der Waals surface area (Å²) < 4.78 is 5.04. The number of amides is 1. The van der Waals surface area contributed by atoms with Crippen molar-refractivity contribution < 1.29 is 9.53 Å². The molecular formula is C6H12N2O2. The Hall–Kier alpha value is -0.610. The standard InChI is InChI=1S/C6H12N2O2/c7-5(6(8)9)4-1-2-10-3-4/h4-5H,1-3,7H2,(H2,8,9)/t4-,5+/m1/s1. The maximum absolute atomic E-state index is 10.5. The summed E-state index contributed by atoms with van der Waals surface area (Å²) in [6.45, 7) is 1.27. The van der Waals surface area contributed by atoms with Crippen LogP contribution >= 0.6 is 0 Å². The first kappa shape index (κ1) is 7.50. The molecule has 2 atom stereocenters. The van der Waals surface area contributed by atoms with Crippen LogP contribution in [0.4, 0.5) is 0 Å². The van der Waals surface area contributed by atoms with Crippen molar-refractivity contribution in [3.63, 3.8) is 0 Å². The third-order valence-electron chi connectivity index (χ3n) is 1.80. The summed E-state index contributed by atoms with van der Waals surface area (Å²) in [6.07, 6.45) is 0.851. The van der Waals surface area contributed by atoms with Crippen LogP contribution in [0.1, 0.15) is 6.42 Å². The molecule has 10 heavy (non-hydrogen) atoms. The number of ether oxygens (including phenoxy) is 1. The Bertz CT molecular complexity index is 132. The molecule has 1 saturated heterocycles. The summed E-state index contributed by atoms with van der Waals surface area (Å²) in [4.78, 5) is 10.5. The van der Waals surface area contributed by atoms with Crippen molar-refractivity contribution in [3.8, 4) is 0 Å². The van der Waals surface area contributed by atoms with Gasteiger partial charge in [0.05, 0.1) is 12.6 Å². The average molecular weight is 144 g/mol. The minimum atomic E-state index is -0.525. The molecule has 0 aromatic heterocycles. The molecule has 1 heterocycles. The van der Waals surface area contributed by atoms with Gasteiger partial charge in [-0.25, -0.2) is 0 Å².